The zero-order valence-electron chi connectivity index (χ0n) is 13.8. The summed E-state index contributed by atoms with van der Waals surface area (Å²) in [6.45, 7) is 0. The maximum Gasteiger partial charge on any atom is 0.352 e. The number of β-lactam (4-membered cyclic amide) rings is 1. The molecule has 134 valence electrons. The normalized spacial score (nSPS) is 22.8. The summed E-state index contributed by atoms with van der Waals surface area (Å²) in [6.07, 6.45) is 5.52. The molecule has 8 nitrogen and oxygen atoms in total. The molecule has 3 N–H and O–H groups in total. The minimum Gasteiger partial charge on any atom is -0.477 e. The molecule has 1 amide bonds. The Morgan fingerprint density at radius 1 is 1.54 bits per heavy atom. The number of aliphatic carboxylic acids is 1. The van der Waals surface area contributed by atoms with Crippen LogP contribution in [-0.4, -0.2) is 48.7 Å². The molecule has 2 atom stereocenters. The van der Waals surface area contributed by atoms with Gasteiger partial charge in [0.1, 0.15) is 28.3 Å². The zero-order valence-corrected chi connectivity index (χ0v) is 15.4. The van der Waals surface area contributed by atoms with Crippen molar-refractivity contribution < 1.29 is 19.3 Å². The fraction of sp³-hybridized carbons (Fsp3) is 0.250. The van der Waals surface area contributed by atoms with Crippen LogP contribution in [0.3, 0.4) is 0 Å². The molecule has 0 bridgehead atoms. The van der Waals surface area contributed by atoms with Gasteiger partial charge < -0.3 is 10.8 Å². The van der Waals surface area contributed by atoms with Gasteiger partial charge in [-0.15, -0.1) is 16.3 Å². The van der Waals surface area contributed by atoms with Crippen LogP contribution in [0.2, 0.25) is 0 Å². The maximum atomic E-state index is 11.9. The summed E-state index contributed by atoms with van der Waals surface area (Å²) in [5.41, 5.74) is 7.34. The largest absolute Gasteiger partial charge is 0.477 e. The summed E-state index contributed by atoms with van der Waals surface area (Å²) < 4.78 is 3.74. The molecular weight excluding hydrogens is 374 g/mol. The number of carboxylic acid groups (broad SMARTS) is 1. The van der Waals surface area contributed by atoms with Crippen molar-refractivity contribution in [1.82, 2.24) is 14.5 Å². The Labute approximate surface area is 157 Å². The van der Waals surface area contributed by atoms with Gasteiger partial charge in [-0.3, -0.25) is 9.69 Å². The number of nitrogens with two attached hydrogens (primary N) is 1. The average molecular weight is 390 g/mol. The van der Waals surface area contributed by atoms with Gasteiger partial charge >= 0.3 is 11.6 Å². The summed E-state index contributed by atoms with van der Waals surface area (Å²) >= 11 is 2.87. The number of hydrogen-bond donors (Lipinski definition) is 2. The molecule has 1 fully saturated rings. The smallest absolute Gasteiger partial charge is 0.352 e. The number of rotatable bonds is 4. The lowest BCUT2D eigenvalue weighted by molar-refractivity contribution is -0.644. The fourth-order valence-corrected chi connectivity index (χ4v) is 4.88. The van der Waals surface area contributed by atoms with E-state index in [-0.39, 0.29) is 17.0 Å². The fourth-order valence-electron chi connectivity index (χ4n) is 2.96. The van der Waals surface area contributed by atoms with Gasteiger partial charge in [0.25, 0.3) is 0 Å². The highest BCUT2D eigenvalue weighted by Gasteiger charge is 2.51. The van der Waals surface area contributed by atoms with E-state index < -0.39 is 12.0 Å². The van der Waals surface area contributed by atoms with E-state index in [1.54, 1.807) is 16.0 Å². The Balaban J connectivity index is 1.56. The molecule has 0 unspecified atom stereocenters. The van der Waals surface area contributed by atoms with Crippen LogP contribution in [-0.2, 0) is 16.6 Å². The third-order valence-corrected chi connectivity index (χ3v) is 6.36. The molecule has 0 spiro atoms. The van der Waals surface area contributed by atoms with Crippen LogP contribution in [0, 0.1) is 0 Å². The molecule has 10 heteroatoms. The highest BCUT2D eigenvalue weighted by molar-refractivity contribution is 8.02. The summed E-state index contributed by atoms with van der Waals surface area (Å²) in [6, 6.07) is 3.25. The van der Waals surface area contributed by atoms with Crippen molar-refractivity contribution in [2.24, 2.45) is 12.8 Å². The quantitative estimate of drug-likeness (QED) is 0.441. The number of aryl methyl sites for hydroxylation is 1. The van der Waals surface area contributed by atoms with Gasteiger partial charge in [0, 0.05) is 11.8 Å². The lowest BCUT2D eigenvalue weighted by Gasteiger charge is -2.47. The predicted molar refractivity (Wildman–Crippen MR) is 97.1 cm³/mol. The predicted octanol–water partition coefficient (Wildman–Crippen LogP) is 0.346. The first-order valence-electron chi connectivity index (χ1n) is 7.81. The highest BCUT2D eigenvalue weighted by Crippen LogP contribution is 2.40. The number of carboxylic acids is 1. The summed E-state index contributed by atoms with van der Waals surface area (Å²) in [4.78, 5) is 24.8. The Morgan fingerprint density at radius 2 is 2.35 bits per heavy atom. The monoisotopic (exact) mass is 390 g/mol. The molecular formula is C16H16N5O3S2+. The topological polar surface area (TPSA) is 105 Å². The third-order valence-electron chi connectivity index (χ3n) is 4.31. The average Bonchev–Trinajstić information content (AvgIpc) is 3.00. The van der Waals surface area contributed by atoms with Gasteiger partial charge in [0.15, 0.2) is 6.20 Å². The van der Waals surface area contributed by atoms with Crippen LogP contribution in [0.15, 0.2) is 52.3 Å². The van der Waals surface area contributed by atoms with Crippen LogP contribution in [0.1, 0.15) is 0 Å². The molecule has 2 aromatic rings. The molecule has 2 aliphatic heterocycles. The van der Waals surface area contributed by atoms with E-state index >= 15 is 0 Å². The number of hydrogen-bond acceptors (Lipinski definition) is 6. The second-order valence-corrected chi connectivity index (χ2v) is 7.95. The Bertz CT molecular complexity index is 983. The zero-order chi connectivity index (χ0) is 18.4. The molecule has 2 aromatic heterocycles. The van der Waals surface area contributed by atoms with Gasteiger partial charge in [-0.05, 0) is 23.1 Å². The van der Waals surface area contributed by atoms with Crippen LogP contribution in [0.5, 0.6) is 0 Å². The molecule has 0 saturated carbocycles. The maximum absolute atomic E-state index is 11.9. The molecule has 26 heavy (non-hydrogen) atoms. The van der Waals surface area contributed by atoms with E-state index in [9.17, 15) is 14.7 Å². The molecule has 2 aliphatic rings. The van der Waals surface area contributed by atoms with Crippen molar-refractivity contribution in [2.75, 3.05) is 5.75 Å². The highest BCUT2D eigenvalue weighted by atomic mass is 32.2. The van der Waals surface area contributed by atoms with E-state index in [0.717, 1.165) is 10.7 Å². The van der Waals surface area contributed by atoms with Gasteiger partial charge in [-0.25, -0.2) is 9.36 Å². The Hall–Kier alpha value is -2.30. The molecule has 4 rings (SSSR count). The van der Waals surface area contributed by atoms with E-state index in [0.29, 0.717) is 11.3 Å². The second-order valence-electron chi connectivity index (χ2n) is 5.92. The Kier molecular flexibility index (Phi) is 4.25. The minimum absolute atomic E-state index is 0.0261. The lowest BCUT2D eigenvalue weighted by Crippen LogP contribution is -2.68. The van der Waals surface area contributed by atoms with Gasteiger partial charge in [-0.1, -0.05) is 16.9 Å². The SMILES string of the molecule is C[n+]1ccn2nc(S/C=C/C3=C(C(=O)O)N4C(=O)[C@@H](N)[C@H]4SC3)ccc21. The lowest BCUT2D eigenvalue weighted by atomic mass is 10.0. The van der Waals surface area contributed by atoms with Crippen molar-refractivity contribution >= 4 is 41.0 Å². The number of fused-ring (bicyclic) bond motifs is 2. The second kappa shape index (κ2) is 6.45. The molecule has 1 saturated heterocycles. The summed E-state index contributed by atoms with van der Waals surface area (Å²) in [5.74, 6) is -0.953. The number of carbonyl (C=O) groups excluding carboxylic acids is 1. The first kappa shape index (κ1) is 17.1. The van der Waals surface area contributed by atoms with E-state index in [1.165, 1.54) is 28.4 Å². The van der Waals surface area contributed by atoms with E-state index in [4.69, 9.17) is 5.73 Å². The number of nitrogens with zero attached hydrogens (tertiary/aromatic N) is 4. The standard InChI is InChI=1S/C16H15N5O3S2/c1-19-5-6-20-11(19)3-2-10(18-20)25-7-4-9-8-26-15-12(17)14(22)21(15)13(9)16(23)24/h2-7,12,15H,8,17H2,1H3/p+1/b7-4+/t12-,15-/m1/s1. The molecule has 0 radical (unpaired) electrons. The number of amides is 1. The number of aromatic nitrogens is 3. The number of carbonyl (C=O) groups is 2. The van der Waals surface area contributed by atoms with Crippen molar-refractivity contribution in [3.8, 4) is 0 Å². The molecule has 0 aliphatic carbocycles. The number of allylic oxidation sites excluding steroid dienone is 1. The number of imidazole rings is 1. The number of thioether (sulfide) groups is 2. The summed E-state index contributed by atoms with van der Waals surface area (Å²) in [5, 5.41) is 16.3. The first-order chi connectivity index (χ1) is 12.5. The van der Waals surface area contributed by atoms with Crippen molar-refractivity contribution in [1.29, 1.82) is 0 Å². The van der Waals surface area contributed by atoms with Crippen LogP contribution < -0.4 is 10.3 Å². The molecule has 4 heterocycles. The van der Waals surface area contributed by atoms with Gasteiger partial charge in [-0.2, -0.15) is 0 Å². The van der Waals surface area contributed by atoms with E-state index in [1.807, 2.05) is 36.1 Å². The van der Waals surface area contributed by atoms with Gasteiger partial charge in [0.2, 0.25) is 5.91 Å². The third kappa shape index (κ3) is 2.70. The first-order valence-corrected chi connectivity index (χ1v) is 9.74. The van der Waals surface area contributed by atoms with Gasteiger partial charge in [0.05, 0.1) is 7.05 Å². The minimum atomic E-state index is -1.11. The van der Waals surface area contributed by atoms with Crippen molar-refractivity contribution in [3.63, 3.8) is 0 Å². The van der Waals surface area contributed by atoms with E-state index in [2.05, 4.69) is 5.10 Å². The van der Waals surface area contributed by atoms with Crippen LogP contribution in [0.4, 0.5) is 0 Å². The summed E-state index contributed by atoms with van der Waals surface area (Å²) in [7, 11) is 1.95. The van der Waals surface area contributed by atoms with Crippen LogP contribution in [0.25, 0.3) is 5.65 Å². The Morgan fingerprint density at radius 3 is 3.12 bits per heavy atom. The van der Waals surface area contributed by atoms with Crippen LogP contribution >= 0.6 is 23.5 Å². The van der Waals surface area contributed by atoms with Crippen molar-refractivity contribution in [3.05, 3.63) is 47.3 Å². The molecule has 0 aromatic carbocycles. The van der Waals surface area contributed by atoms with Crippen molar-refractivity contribution in [2.45, 2.75) is 16.4 Å².